The number of carbonyl (C=O) groups excluding carboxylic acids is 1. The minimum absolute atomic E-state index is 0.156. The van der Waals surface area contributed by atoms with Gasteiger partial charge in [-0.1, -0.05) is 42.5 Å². The minimum Gasteiger partial charge on any atom is -0.497 e. The number of amides is 1. The van der Waals surface area contributed by atoms with E-state index in [9.17, 15) is 13.2 Å². The topological polar surface area (TPSA) is 84.5 Å². The van der Waals surface area contributed by atoms with Crippen LogP contribution in [0, 0.1) is 0 Å². The summed E-state index contributed by atoms with van der Waals surface area (Å²) in [6, 6.07) is 29.6. The predicted octanol–water partition coefficient (Wildman–Crippen LogP) is 5.42. The molecule has 0 radical (unpaired) electrons. The van der Waals surface area contributed by atoms with Crippen LogP contribution in [0.1, 0.15) is 10.4 Å². The van der Waals surface area contributed by atoms with Crippen LogP contribution in [0.5, 0.6) is 5.75 Å². The number of nitrogens with one attached hydrogen (secondary N) is 2. The predicted molar refractivity (Wildman–Crippen MR) is 130 cm³/mol. The van der Waals surface area contributed by atoms with E-state index in [1.54, 1.807) is 79.9 Å². The number of rotatable bonds is 7. The number of carbonyl (C=O) groups is 1. The lowest BCUT2D eigenvalue weighted by molar-refractivity contribution is 0.102. The van der Waals surface area contributed by atoms with Crippen LogP contribution in [-0.4, -0.2) is 21.4 Å². The molecule has 0 saturated carbocycles. The summed E-state index contributed by atoms with van der Waals surface area (Å²) < 4.78 is 33.2. The molecule has 0 saturated heterocycles. The summed E-state index contributed by atoms with van der Waals surface area (Å²) in [5.41, 5.74) is 3.34. The third-order valence-electron chi connectivity index (χ3n) is 5.02. The Kier molecular flexibility index (Phi) is 6.42. The second kappa shape index (κ2) is 9.58. The van der Waals surface area contributed by atoms with Gasteiger partial charge in [-0.15, -0.1) is 0 Å². The van der Waals surface area contributed by atoms with Gasteiger partial charge in [0.2, 0.25) is 0 Å². The lowest BCUT2D eigenvalue weighted by Crippen LogP contribution is -2.14. The summed E-state index contributed by atoms with van der Waals surface area (Å²) in [7, 11) is -2.19. The number of benzene rings is 4. The highest BCUT2D eigenvalue weighted by molar-refractivity contribution is 7.92. The molecule has 0 atom stereocenters. The van der Waals surface area contributed by atoms with Crippen molar-refractivity contribution in [2.24, 2.45) is 0 Å². The zero-order chi connectivity index (χ0) is 23.3. The van der Waals surface area contributed by atoms with Crippen molar-refractivity contribution in [2.45, 2.75) is 4.90 Å². The van der Waals surface area contributed by atoms with Crippen LogP contribution in [0.15, 0.2) is 108 Å². The maximum atomic E-state index is 12.8. The lowest BCUT2D eigenvalue weighted by atomic mass is 10.1. The standard InChI is InChI=1S/C26H22N2O4S/c1-32-24-15-13-22(14-16-24)27-26(29)21-7-11-23(12-8-21)28-33(30,31)25-17-9-20(10-18-25)19-5-3-2-4-6-19/h2-18,28H,1H3,(H,27,29). The van der Waals surface area contributed by atoms with Crippen molar-refractivity contribution in [3.05, 3.63) is 109 Å². The Bertz CT molecular complexity index is 1330. The number of hydrogen-bond donors (Lipinski definition) is 2. The van der Waals surface area contributed by atoms with Gasteiger partial charge in [0, 0.05) is 16.9 Å². The molecule has 0 aromatic heterocycles. The van der Waals surface area contributed by atoms with Gasteiger partial charge in [-0.3, -0.25) is 9.52 Å². The number of sulfonamides is 1. The van der Waals surface area contributed by atoms with Crippen LogP contribution in [0.25, 0.3) is 11.1 Å². The fourth-order valence-electron chi connectivity index (χ4n) is 3.24. The number of ether oxygens (including phenoxy) is 1. The van der Waals surface area contributed by atoms with Crippen molar-refractivity contribution in [2.75, 3.05) is 17.1 Å². The van der Waals surface area contributed by atoms with Crippen LogP contribution >= 0.6 is 0 Å². The van der Waals surface area contributed by atoms with Crippen molar-refractivity contribution in [3.8, 4) is 16.9 Å². The third-order valence-corrected chi connectivity index (χ3v) is 6.42. The smallest absolute Gasteiger partial charge is 0.261 e. The van der Waals surface area contributed by atoms with Gasteiger partial charge in [0.15, 0.2) is 0 Å². The van der Waals surface area contributed by atoms with Crippen molar-refractivity contribution >= 4 is 27.3 Å². The quantitative estimate of drug-likeness (QED) is 0.388. The van der Waals surface area contributed by atoms with E-state index in [2.05, 4.69) is 10.0 Å². The van der Waals surface area contributed by atoms with Gasteiger partial charge in [-0.2, -0.15) is 0 Å². The van der Waals surface area contributed by atoms with Gasteiger partial charge in [0.1, 0.15) is 5.75 Å². The van der Waals surface area contributed by atoms with Crippen molar-refractivity contribution < 1.29 is 17.9 Å². The summed E-state index contributed by atoms with van der Waals surface area (Å²) in [6.07, 6.45) is 0. The van der Waals surface area contributed by atoms with Crippen LogP contribution in [0.3, 0.4) is 0 Å². The highest BCUT2D eigenvalue weighted by atomic mass is 32.2. The van der Waals surface area contributed by atoms with Gasteiger partial charge < -0.3 is 10.1 Å². The van der Waals surface area contributed by atoms with Gasteiger partial charge in [-0.25, -0.2) is 8.42 Å². The van der Waals surface area contributed by atoms with Crippen molar-refractivity contribution in [1.29, 1.82) is 0 Å². The van der Waals surface area contributed by atoms with E-state index in [1.165, 1.54) is 0 Å². The molecular weight excluding hydrogens is 436 g/mol. The van der Waals surface area contributed by atoms with Gasteiger partial charge in [0.05, 0.1) is 12.0 Å². The SMILES string of the molecule is COc1ccc(NC(=O)c2ccc(NS(=O)(=O)c3ccc(-c4ccccc4)cc3)cc2)cc1. The number of hydrogen-bond acceptors (Lipinski definition) is 4. The van der Waals surface area contributed by atoms with Crippen molar-refractivity contribution in [1.82, 2.24) is 0 Å². The van der Waals surface area contributed by atoms with E-state index in [-0.39, 0.29) is 10.8 Å². The molecule has 6 nitrogen and oxygen atoms in total. The molecule has 1 amide bonds. The average molecular weight is 459 g/mol. The molecule has 0 unspecified atom stereocenters. The molecule has 4 aromatic carbocycles. The second-order valence-electron chi connectivity index (χ2n) is 7.26. The highest BCUT2D eigenvalue weighted by Crippen LogP contribution is 2.23. The molecule has 0 aliphatic carbocycles. The Labute approximate surface area is 192 Å². The summed E-state index contributed by atoms with van der Waals surface area (Å²) in [5, 5.41) is 2.79. The molecule has 0 fully saturated rings. The summed E-state index contributed by atoms with van der Waals surface area (Å²) >= 11 is 0. The first kappa shape index (κ1) is 22.1. The van der Waals surface area contributed by atoms with E-state index in [0.717, 1.165) is 11.1 Å². The first-order chi connectivity index (χ1) is 15.9. The average Bonchev–Trinajstić information content (AvgIpc) is 2.85. The van der Waals surface area contributed by atoms with Crippen LogP contribution in [0.4, 0.5) is 11.4 Å². The van der Waals surface area contributed by atoms with Gasteiger partial charge in [-0.05, 0) is 71.8 Å². The van der Waals surface area contributed by atoms with Crippen LogP contribution in [0.2, 0.25) is 0 Å². The minimum atomic E-state index is -3.76. The van der Waals surface area contributed by atoms with E-state index >= 15 is 0 Å². The van der Waals surface area contributed by atoms with E-state index in [1.807, 2.05) is 30.3 Å². The zero-order valence-electron chi connectivity index (χ0n) is 17.9. The Morgan fingerprint density at radius 3 is 1.88 bits per heavy atom. The molecule has 166 valence electrons. The fourth-order valence-corrected chi connectivity index (χ4v) is 4.30. The fraction of sp³-hybridized carbons (Fsp3) is 0.0385. The molecule has 0 heterocycles. The van der Waals surface area contributed by atoms with Gasteiger partial charge >= 0.3 is 0 Å². The summed E-state index contributed by atoms with van der Waals surface area (Å²) in [6.45, 7) is 0. The maximum absolute atomic E-state index is 12.8. The first-order valence-electron chi connectivity index (χ1n) is 10.2. The third kappa shape index (κ3) is 5.39. The molecule has 4 rings (SSSR count). The highest BCUT2D eigenvalue weighted by Gasteiger charge is 2.15. The second-order valence-corrected chi connectivity index (χ2v) is 8.94. The van der Waals surface area contributed by atoms with E-state index in [4.69, 9.17) is 4.74 Å². The summed E-state index contributed by atoms with van der Waals surface area (Å²) in [4.78, 5) is 12.6. The number of methoxy groups -OCH3 is 1. The normalized spacial score (nSPS) is 10.9. The Morgan fingerprint density at radius 2 is 1.27 bits per heavy atom. The molecule has 0 aliphatic rings. The Balaban J connectivity index is 1.42. The molecule has 7 heteroatoms. The Hall–Kier alpha value is -4.10. The van der Waals surface area contributed by atoms with Crippen LogP contribution in [-0.2, 0) is 10.0 Å². The monoisotopic (exact) mass is 458 g/mol. The molecule has 0 spiro atoms. The van der Waals surface area contributed by atoms with Crippen LogP contribution < -0.4 is 14.8 Å². The molecular formula is C26H22N2O4S. The lowest BCUT2D eigenvalue weighted by Gasteiger charge is -2.10. The molecule has 4 aromatic rings. The molecule has 33 heavy (non-hydrogen) atoms. The molecule has 0 aliphatic heterocycles. The molecule has 0 bridgehead atoms. The van der Waals surface area contributed by atoms with Crippen molar-refractivity contribution in [3.63, 3.8) is 0 Å². The zero-order valence-corrected chi connectivity index (χ0v) is 18.7. The largest absolute Gasteiger partial charge is 0.497 e. The Morgan fingerprint density at radius 1 is 0.697 bits per heavy atom. The first-order valence-corrected chi connectivity index (χ1v) is 11.7. The van der Waals surface area contributed by atoms with E-state index in [0.29, 0.717) is 22.7 Å². The van der Waals surface area contributed by atoms with E-state index < -0.39 is 10.0 Å². The number of anilines is 2. The van der Waals surface area contributed by atoms with Gasteiger partial charge in [0.25, 0.3) is 15.9 Å². The summed E-state index contributed by atoms with van der Waals surface area (Å²) in [5.74, 6) is 0.394. The maximum Gasteiger partial charge on any atom is 0.261 e. The molecule has 2 N–H and O–H groups in total.